The lowest BCUT2D eigenvalue weighted by molar-refractivity contribution is -0.497. The fraction of sp³-hybridized carbons (Fsp3) is 0.333. The van der Waals surface area contributed by atoms with E-state index < -0.39 is 23.2 Å². The molecule has 0 radical (unpaired) electrons. The molecule has 0 heterocycles. The number of nitrogens with zero attached hydrogens (tertiary/aromatic N) is 1. The standard InChI is InChI=1S/C12H16N2O6/c1-2-19-12(16)11(15)10(13)9-5-3-8(4-6-9)7-20-14(17)18/h3-6,10,17-18H,2,7,13H2,1H3. The van der Waals surface area contributed by atoms with E-state index in [1.165, 1.54) is 0 Å². The van der Waals surface area contributed by atoms with Crippen molar-refractivity contribution >= 4 is 11.8 Å². The van der Waals surface area contributed by atoms with Crippen LogP contribution in [0.25, 0.3) is 0 Å². The van der Waals surface area contributed by atoms with Crippen molar-refractivity contribution in [3.05, 3.63) is 35.4 Å². The summed E-state index contributed by atoms with van der Waals surface area (Å²) in [6, 6.07) is 5.14. The molecule has 1 atom stereocenters. The maximum absolute atomic E-state index is 11.6. The number of carbonyl (C=O) groups is 2. The number of hydrogen-bond donors (Lipinski definition) is 3. The summed E-state index contributed by atoms with van der Waals surface area (Å²) in [7, 11) is 0. The number of carbonyl (C=O) groups excluding carboxylic acids is 2. The molecule has 8 heteroatoms. The first-order valence-electron chi connectivity index (χ1n) is 5.82. The van der Waals surface area contributed by atoms with Gasteiger partial charge in [0.1, 0.15) is 6.04 Å². The topological polar surface area (TPSA) is 122 Å². The maximum atomic E-state index is 11.6. The molecule has 0 fully saturated rings. The summed E-state index contributed by atoms with van der Waals surface area (Å²) in [5.41, 5.74) is 6.74. The molecule has 1 aromatic rings. The van der Waals surface area contributed by atoms with Gasteiger partial charge in [-0.05, 0) is 18.1 Å². The third kappa shape index (κ3) is 4.68. The monoisotopic (exact) mass is 284 g/mol. The number of hydrogen-bond acceptors (Lipinski definition) is 8. The number of ketones is 1. The highest BCUT2D eigenvalue weighted by atomic mass is 17.1. The van der Waals surface area contributed by atoms with Crippen molar-refractivity contribution in [1.82, 2.24) is 5.39 Å². The van der Waals surface area contributed by atoms with Crippen LogP contribution in [0.15, 0.2) is 24.3 Å². The molecule has 0 amide bonds. The molecule has 1 rings (SSSR count). The highest BCUT2D eigenvalue weighted by Gasteiger charge is 2.24. The van der Waals surface area contributed by atoms with Crippen LogP contribution in [0, 0.1) is 0 Å². The second kappa shape index (κ2) is 7.68. The van der Waals surface area contributed by atoms with Crippen LogP contribution in [0.1, 0.15) is 24.1 Å². The summed E-state index contributed by atoms with van der Waals surface area (Å²) in [6.07, 6.45) is 0. The molecule has 0 spiro atoms. The van der Waals surface area contributed by atoms with Gasteiger partial charge in [0.25, 0.3) is 5.78 Å². The Bertz CT molecular complexity index is 460. The van der Waals surface area contributed by atoms with Crippen LogP contribution in [0.4, 0.5) is 0 Å². The van der Waals surface area contributed by atoms with E-state index in [4.69, 9.17) is 16.1 Å². The Kier molecular flexibility index (Phi) is 6.22. The Morgan fingerprint density at radius 2 is 1.90 bits per heavy atom. The van der Waals surface area contributed by atoms with Crippen LogP contribution in [-0.4, -0.2) is 34.2 Å². The minimum Gasteiger partial charge on any atom is -0.460 e. The third-order valence-corrected chi connectivity index (χ3v) is 2.44. The van der Waals surface area contributed by atoms with Crippen molar-refractivity contribution in [2.24, 2.45) is 5.73 Å². The zero-order valence-corrected chi connectivity index (χ0v) is 10.9. The molecule has 0 saturated heterocycles. The van der Waals surface area contributed by atoms with E-state index in [-0.39, 0.29) is 13.2 Å². The lowest BCUT2D eigenvalue weighted by Gasteiger charge is -2.11. The molecular formula is C12H16N2O6. The van der Waals surface area contributed by atoms with E-state index in [0.717, 1.165) is 0 Å². The lowest BCUT2D eigenvalue weighted by atomic mass is 10.0. The van der Waals surface area contributed by atoms with Gasteiger partial charge in [0.2, 0.25) is 0 Å². The number of esters is 1. The van der Waals surface area contributed by atoms with Crippen molar-refractivity contribution in [2.75, 3.05) is 6.61 Å². The highest BCUT2D eigenvalue weighted by molar-refractivity contribution is 6.35. The number of ether oxygens (including phenoxy) is 1. The average Bonchev–Trinajstić information content (AvgIpc) is 2.44. The van der Waals surface area contributed by atoms with Crippen molar-refractivity contribution in [2.45, 2.75) is 19.6 Å². The van der Waals surface area contributed by atoms with Gasteiger partial charge in [-0.15, -0.1) is 0 Å². The summed E-state index contributed by atoms with van der Waals surface area (Å²) >= 11 is 0. The Labute approximate surface area is 115 Å². The average molecular weight is 284 g/mol. The summed E-state index contributed by atoms with van der Waals surface area (Å²) in [5, 5.41) is 16.4. The molecule has 1 aromatic carbocycles. The Morgan fingerprint density at radius 1 is 1.30 bits per heavy atom. The zero-order valence-electron chi connectivity index (χ0n) is 10.9. The van der Waals surface area contributed by atoms with E-state index >= 15 is 0 Å². The Morgan fingerprint density at radius 3 is 2.40 bits per heavy atom. The molecule has 0 bridgehead atoms. The van der Waals surface area contributed by atoms with E-state index in [0.29, 0.717) is 11.1 Å². The van der Waals surface area contributed by atoms with Gasteiger partial charge in [0.05, 0.1) is 18.6 Å². The molecule has 1 unspecified atom stereocenters. The van der Waals surface area contributed by atoms with Gasteiger partial charge in [-0.1, -0.05) is 24.3 Å². The van der Waals surface area contributed by atoms with Gasteiger partial charge in [-0.3, -0.25) is 15.2 Å². The normalized spacial score (nSPS) is 12.2. The van der Waals surface area contributed by atoms with Crippen LogP contribution in [0.5, 0.6) is 0 Å². The van der Waals surface area contributed by atoms with Gasteiger partial charge in [-0.25, -0.2) is 9.63 Å². The predicted octanol–water partition coefficient (Wildman–Crippen LogP) is 0.331. The van der Waals surface area contributed by atoms with E-state index in [1.54, 1.807) is 31.2 Å². The third-order valence-electron chi connectivity index (χ3n) is 2.44. The molecule has 8 nitrogen and oxygen atoms in total. The largest absolute Gasteiger partial charge is 0.460 e. The van der Waals surface area contributed by atoms with Crippen LogP contribution in [0.3, 0.4) is 0 Å². The van der Waals surface area contributed by atoms with E-state index in [2.05, 4.69) is 9.57 Å². The summed E-state index contributed by atoms with van der Waals surface area (Å²) in [4.78, 5) is 27.3. The van der Waals surface area contributed by atoms with Gasteiger partial charge < -0.3 is 10.5 Å². The minimum absolute atomic E-state index is 0.0751. The van der Waals surface area contributed by atoms with Crippen LogP contribution >= 0.6 is 0 Å². The quantitative estimate of drug-likeness (QED) is 0.372. The van der Waals surface area contributed by atoms with E-state index in [1.807, 2.05) is 0 Å². The fourth-order valence-corrected chi connectivity index (χ4v) is 1.43. The highest BCUT2D eigenvalue weighted by Crippen LogP contribution is 2.14. The Balaban J connectivity index is 2.67. The first-order chi connectivity index (χ1) is 9.45. The SMILES string of the molecule is CCOC(=O)C(=O)C(N)c1ccc(CON(O)O)cc1. The summed E-state index contributed by atoms with van der Waals surface area (Å²) < 4.78 is 4.59. The zero-order chi connectivity index (χ0) is 15.1. The molecule has 110 valence electrons. The number of benzene rings is 1. The molecule has 0 saturated carbocycles. The summed E-state index contributed by atoms with van der Waals surface area (Å²) in [5.74, 6) is -1.80. The molecule has 0 aliphatic heterocycles. The molecule has 20 heavy (non-hydrogen) atoms. The van der Waals surface area contributed by atoms with Gasteiger partial charge in [0.15, 0.2) is 0 Å². The molecule has 0 aromatic heterocycles. The van der Waals surface area contributed by atoms with Crippen molar-refractivity contribution in [3.63, 3.8) is 0 Å². The van der Waals surface area contributed by atoms with Gasteiger partial charge in [-0.2, -0.15) is 0 Å². The smallest absolute Gasteiger partial charge is 0.376 e. The van der Waals surface area contributed by atoms with E-state index in [9.17, 15) is 9.59 Å². The van der Waals surface area contributed by atoms with Crippen LogP contribution < -0.4 is 5.73 Å². The summed E-state index contributed by atoms with van der Waals surface area (Å²) in [6.45, 7) is 1.62. The first-order valence-corrected chi connectivity index (χ1v) is 5.82. The Hall–Kier alpha value is -1.84. The predicted molar refractivity (Wildman–Crippen MR) is 65.2 cm³/mol. The molecular weight excluding hydrogens is 268 g/mol. The van der Waals surface area contributed by atoms with Crippen LogP contribution in [0.2, 0.25) is 0 Å². The molecule has 0 aliphatic carbocycles. The molecule has 4 N–H and O–H groups in total. The van der Waals surface area contributed by atoms with Crippen LogP contribution in [-0.2, 0) is 25.8 Å². The van der Waals surface area contributed by atoms with Gasteiger partial charge in [0, 0.05) is 0 Å². The number of nitrogens with two attached hydrogens (primary N) is 1. The lowest BCUT2D eigenvalue weighted by Crippen LogP contribution is -2.30. The fourth-order valence-electron chi connectivity index (χ4n) is 1.43. The molecule has 0 aliphatic rings. The number of rotatable bonds is 7. The minimum atomic E-state index is -1.10. The second-order valence-corrected chi connectivity index (χ2v) is 3.83. The second-order valence-electron chi connectivity index (χ2n) is 3.83. The van der Waals surface area contributed by atoms with Crippen molar-refractivity contribution in [3.8, 4) is 0 Å². The van der Waals surface area contributed by atoms with Crippen molar-refractivity contribution < 1.29 is 29.6 Å². The first kappa shape index (κ1) is 16.2. The van der Waals surface area contributed by atoms with Gasteiger partial charge >= 0.3 is 5.97 Å². The van der Waals surface area contributed by atoms with Crippen molar-refractivity contribution in [1.29, 1.82) is 0 Å². The number of Topliss-reactive ketones (excluding diaryl/α,β-unsaturated/α-hetero) is 1. The maximum Gasteiger partial charge on any atom is 0.376 e.